The molecule has 21 heavy (non-hydrogen) atoms. The van der Waals surface area contributed by atoms with Crippen molar-refractivity contribution in [2.75, 3.05) is 13.1 Å². The standard InChI is InChI=1S/C18H22ClNO/c1-3-16(13-20-4-2)21-18-11-10-15(12-17(18)19)14-8-6-5-7-9-14/h5-12,16,20H,3-4,13H2,1-2H3. The summed E-state index contributed by atoms with van der Waals surface area (Å²) in [5.74, 6) is 0.751. The van der Waals surface area contributed by atoms with Crippen LogP contribution in [0.25, 0.3) is 11.1 Å². The molecule has 112 valence electrons. The van der Waals surface area contributed by atoms with Gasteiger partial charge in [-0.05, 0) is 36.2 Å². The summed E-state index contributed by atoms with van der Waals surface area (Å²) in [4.78, 5) is 0. The Hall–Kier alpha value is -1.51. The molecule has 0 saturated heterocycles. The maximum absolute atomic E-state index is 6.37. The SMILES string of the molecule is CCNCC(CC)Oc1ccc(-c2ccccc2)cc1Cl. The van der Waals surface area contributed by atoms with Crippen LogP contribution in [0, 0.1) is 0 Å². The van der Waals surface area contributed by atoms with E-state index in [1.165, 1.54) is 0 Å². The molecular formula is C18H22ClNO. The third-order valence-electron chi connectivity index (χ3n) is 3.41. The first-order valence-corrected chi connectivity index (χ1v) is 7.84. The lowest BCUT2D eigenvalue weighted by Gasteiger charge is -2.19. The van der Waals surface area contributed by atoms with Gasteiger partial charge >= 0.3 is 0 Å². The zero-order chi connectivity index (χ0) is 15.1. The lowest BCUT2D eigenvalue weighted by atomic mass is 10.1. The van der Waals surface area contributed by atoms with Crippen LogP contribution in [0.5, 0.6) is 5.75 Å². The minimum absolute atomic E-state index is 0.144. The Bertz CT molecular complexity index is 556. The summed E-state index contributed by atoms with van der Waals surface area (Å²) < 4.78 is 5.99. The summed E-state index contributed by atoms with van der Waals surface area (Å²) in [6.45, 7) is 5.99. The highest BCUT2D eigenvalue weighted by Crippen LogP contribution is 2.31. The number of benzene rings is 2. The fraction of sp³-hybridized carbons (Fsp3) is 0.333. The molecule has 0 radical (unpaired) electrons. The van der Waals surface area contributed by atoms with Gasteiger partial charge in [-0.2, -0.15) is 0 Å². The van der Waals surface area contributed by atoms with E-state index in [2.05, 4.69) is 37.4 Å². The number of ether oxygens (including phenoxy) is 1. The third kappa shape index (κ3) is 4.48. The smallest absolute Gasteiger partial charge is 0.138 e. The molecule has 0 amide bonds. The molecule has 0 aliphatic heterocycles. The maximum Gasteiger partial charge on any atom is 0.138 e. The van der Waals surface area contributed by atoms with Crippen LogP contribution < -0.4 is 10.1 Å². The first-order chi connectivity index (χ1) is 10.2. The van der Waals surface area contributed by atoms with Crippen LogP contribution in [0.15, 0.2) is 48.5 Å². The van der Waals surface area contributed by atoms with E-state index in [1.807, 2.05) is 30.3 Å². The van der Waals surface area contributed by atoms with Gasteiger partial charge in [0.25, 0.3) is 0 Å². The first-order valence-electron chi connectivity index (χ1n) is 7.47. The third-order valence-corrected chi connectivity index (χ3v) is 3.71. The molecule has 0 saturated carbocycles. The van der Waals surface area contributed by atoms with Gasteiger partial charge in [0.05, 0.1) is 5.02 Å². The van der Waals surface area contributed by atoms with Gasteiger partial charge in [0.15, 0.2) is 0 Å². The van der Waals surface area contributed by atoms with Gasteiger partial charge in [-0.15, -0.1) is 0 Å². The van der Waals surface area contributed by atoms with Crippen molar-refractivity contribution >= 4 is 11.6 Å². The van der Waals surface area contributed by atoms with E-state index >= 15 is 0 Å². The van der Waals surface area contributed by atoms with Gasteiger partial charge in [-0.1, -0.05) is 61.8 Å². The number of hydrogen-bond acceptors (Lipinski definition) is 2. The Kier molecular flexibility index (Phi) is 6.09. The van der Waals surface area contributed by atoms with Crippen LogP contribution >= 0.6 is 11.6 Å². The molecule has 1 atom stereocenters. The molecule has 3 heteroatoms. The molecule has 2 aromatic carbocycles. The number of rotatable bonds is 7. The summed E-state index contributed by atoms with van der Waals surface area (Å²) in [5.41, 5.74) is 2.26. The molecule has 2 aromatic rings. The van der Waals surface area contributed by atoms with Crippen LogP contribution in [0.3, 0.4) is 0 Å². The number of hydrogen-bond donors (Lipinski definition) is 1. The molecule has 0 fully saturated rings. The lowest BCUT2D eigenvalue weighted by molar-refractivity contribution is 0.194. The highest BCUT2D eigenvalue weighted by atomic mass is 35.5. The van der Waals surface area contributed by atoms with E-state index in [1.54, 1.807) is 0 Å². The number of likely N-dealkylation sites (N-methyl/N-ethyl adjacent to an activating group) is 1. The van der Waals surface area contributed by atoms with E-state index in [0.29, 0.717) is 5.02 Å². The Labute approximate surface area is 132 Å². The fourth-order valence-electron chi connectivity index (χ4n) is 2.16. The van der Waals surface area contributed by atoms with Crippen LogP contribution in [0.1, 0.15) is 20.3 Å². The average molecular weight is 304 g/mol. The summed E-state index contributed by atoms with van der Waals surface area (Å²) >= 11 is 6.37. The van der Waals surface area contributed by atoms with Crippen molar-refractivity contribution < 1.29 is 4.74 Å². The van der Waals surface area contributed by atoms with E-state index in [-0.39, 0.29) is 6.10 Å². The van der Waals surface area contributed by atoms with Crippen LogP contribution in [0.4, 0.5) is 0 Å². The second-order valence-electron chi connectivity index (χ2n) is 4.97. The van der Waals surface area contributed by atoms with Crippen molar-refractivity contribution in [3.05, 3.63) is 53.6 Å². The summed E-state index contributed by atoms with van der Waals surface area (Å²) in [5, 5.41) is 3.97. The van der Waals surface area contributed by atoms with E-state index < -0.39 is 0 Å². The number of nitrogens with one attached hydrogen (secondary N) is 1. The Balaban J connectivity index is 2.12. The second-order valence-corrected chi connectivity index (χ2v) is 5.37. The van der Waals surface area contributed by atoms with Gasteiger partial charge in [-0.3, -0.25) is 0 Å². The van der Waals surface area contributed by atoms with Gasteiger partial charge in [0, 0.05) is 6.54 Å². The normalized spacial score (nSPS) is 12.1. The molecule has 1 N–H and O–H groups in total. The predicted octanol–water partition coefficient (Wildman–Crippen LogP) is 4.77. The van der Waals surface area contributed by atoms with E-state index in [4.69, 9.17) is 16.3 Å². The molecule has 0 bridgehead atoms. The minimum Gasteiger partial charge on any atom is -0.488 e. The molecule has 2 rings (SSSR count). The Morgan fingerprint density at radius 1 is 1.05 bits per heavy atom. The maximum atomic E-state index is 6.37. The van der Waals surface area contributed by atoms with Crippen molar-refractivity contribution in [2.45, 2.75) is 26.4 Å². The molecular weight excluding hydrogens is 282 g/mol. The predicted molar refractivity (Wildman–Crippen MR) is 90.1 cm³/mol. The van der Waals surface area contributed by atoms with E-state index in [0.717, 1.165) is 36.4 Å². The second kappa shape index (κ2) is 8.06. The summed E-state index contributed by atoms with van der Waals surface area (Å²) in [6, 6.07) is 16.2. The molecule has 0 aliphatic rings. The Morgan fingerprint density at radius 2 is 1.81 bits per heavy atom. The van der Waals surface area contributed by atoms with Gasteiger partial charge in [0.1, 0.15) is 11.9 Å². The van der Waals surface area contributed by atoms with Crippen molar-refractivity contribution in [1.29, 1.82) is 0 Å². The summed E-state index contributed by atoms with van der Waals surface area (Å²) in [7, 11) is 0. The average Bonchev–Trinajstić information content (AvgIpc) is 2.53. The molecule has 0 spiro atoms. The zero-order valence-corrected chi connectivity index (χ0v) is 13.4. The van der Waals surface area contributed by atoms with Crippen LogP contribution in [-0.4, -0.2) is 19.2 Å². The van der Waals surface area contributed by atoms with Crippen molar-refractivity contribution in [2.24, 2.45) is 0 Å². The quantitative estimate of drug-likeness (QED) is 0.795. The Morgan fingerprint density at radius 3 is 2.43 bits per heavy atom. The molecule has 0 aromatic heterocycles. The molecule has 1 unspecified atom stereocenters. The van der Waals surface area contributed by atoms with Gasteiger partial charge in [0.2, 0.25) is 0 Å². The first kappa shape index (κ1) is 15.9. The van der Waals surface area contributed by atoms with Gasteiger partial charge in [-0.25, -0.2) is 0 Å². The van der Waals surface area contributed by atoms with Gasteiger partial charge < -0.3 is 10.1 Å². The lowest BCUT2D eigenvalue weighted by Crippen LogP contribution is -2.30. The molecule has 0 heterocycles. The van der Waals surface area contributed by atoms with Crippen molar-refractivity contribution in [3.63, 3.8) is 0 Å². The molecule has 2 nitrogen and oxygen atoms in total. The van der Waals surface area contributed by atoms with Crippen LogP contribution in [0.2, 0.25) is 5.02 Å². The van der Waals surface area contributed by atoms with E-state index in [9.17, 15) is 0 Å². The molecule has 0 aliphatic carbocycles. The summed E-state index contributed by atoms with van der Waals surface area (Å²) in [6.07, 6.45) is 1.09. The number of halogens is 1. The largest absolute Gasteiger partial charge is 0.488 e. The topological polar surface area (TPSA) is 21.3 Å². The zero-order valence-electron chi connectivity index (χ0n) is 12.6. The monoisotopic (exact) mass is 303 g/mol. The van der Waals surface area contributed by atoms with Crippen LogP contribution in [-0.2, 0) is 0 Å². The van der Waals surface area contributed by atoms with Crippen molar-refractivity contribution in [1.82, 2.24) is 5.32 Å². The van der Waals surface area contributed by atoms with Crippen molar-refractivity contribution in [3.8, 4) is 16.9 Å². The highest BCUT2D eigenvalue weighted by Gasteiger charge is 2.11. The fourth-order valence-corrected chi connectivity index (χ4v) is 2.39. The highest BCUT2D eigenvalue weighted by molar-refractivity contribution is 6.32. The minimum atomic E-state index is 0.144.